The molecule has 0 fully saturated rings. The van der Waals surface area contributed by atoms with E-state index in [-0.39, 0.29) is 12.0 Å². The monoisotopic (exact) mass is 454 g/mol. The molecule has 0 saturated heterocycles. The molecule has 1 aliphatic heterocycles. The molecule has 0 radical (unpaired) electrons. The van der Waals surface area contributed by atoms with E-state index in [1.165, 1.54) is 0 Å². The van der Waals surface area contributed by atoms with E-state index in [1.807, 2.05) is 0 Å². The van der Waals surface area contributed by atoms with Gasteiger partial charge in [0.1, 0.15) is 29.4 Å². The number of rotatable bonds is 6. The predicted octanol–water partition coefficient (Wildman–Crippen LogP) is 2.25. The number of ether oxygens (including phenoxy) is 3. The summed E-state index contributed by atoms with van der Waals surface area (Å²) in [7, 11) is 0. The lowest BCUT2D eigenvalue weighted by atomic mass is 10.1. The van der Waals surface area contributed by atoms with Gasteiger partial charge in [0.15, 0.2) is 0 Å². The molecular formula is C22H34N2O8. The Labute approximate surface area is 188 Å². The number of imide groups is 1. The third kappa shape index (κ3) is 9.49. The number of esters is 2. The maximum absolute atomic E-state index is 12.7. The fourth-order valence-corrected chi connectivity index (χ4v) is 2.60. The Morgan fingerprint density at radius 3 is 1.84 bits per heavy atom. The molecule has 0 spiro atoms. The summed E-state index contributed by atoms with van der Waals surface area (Å²) in [5.41, 5.74) is -2.49. The predicted molar refractivity (Wildman–Crippen MR) is 114 cm³/mol. The number of alkyl carbamates (subject to hydrolysis) is 1. The van der Waals surface area contributed by atoms with E-state index in [0.29, 0.717) is 0 Å². The van der Waals surface area contributed by atoms with Gasteiger partial charge >= 0.3 is 18.0 Å². The van der Waals surface area contributed by atoms with Crippen molar-refractivity contribution in [1.82, 2.24) is 10.2 Å². The molecule has 0 aliphatic carbocycles. The number of hydrogen-bond donors (Lipinski definition) is 1. The second-order valence-corrected chi connectivity index (χ2v) is 10.4. The molecule has 3 amide bonds. The van der Waals surface area contributed by atoms with Crippen LogP contribution in [0.25, 0.3) is 0 Å². The van der Waals surface area contributed by atoms with Gasteiger partial charge in [-0.2, -0.15) is 0 Å². The van der Waals surface area contributed by atoms with Crippen LogP contribution >= 0.6 is 0 Å². The van der Waals surface area contributed by atoms with Crippen LogP contribution in [0.1, 0.15) is 68.7 Å². The largest absolute Gasteiger partial charge is 0.459 e. The third-order valence-electron chi connectivity index (χ3n) is 3.60. The Bertz CT molecular complexity index is 809. The molecule has 10 nitrogen and oxygen atoms in total. The van der Waals surface area contributed by atoms with Crippen molar-refractivity contribution in [3.05, 3.63) is 11.6 Å². The Hall–Kier alpha value is -2.91. The third-order valence-corrected chi connectivity index (χ3v) is 3.60. The molecule has 1 heterocycles. The fraction of sp³-hybridized carbons (Fsp3) is 0.682. The minimum absolute atomic E-state index is 0.0505. The fourth-order valence-electron chi connectivity index (χ4n) is 2.60. The summed E-state index contributed by atoms with van der Waals surface area (Å²) < 4.78 is 15.7. The van der Waals surface area contributed by atoms with Gasteiger partial charge in [0.05, 0.1) is 0 Å². The minimum Gasteiger partial charge on any atom is -0.459 e. The first kappa shape index (κ1) is 27.1. The average Bonchev–Trinajstić information content (AvgIpc) is 2.76. The van der Waals surface area contributed by atoms with Crippen molar-refractivity contribution in [2.75, 3.05) is 6.54 Å². The number of carbonyl (C=O) groups is 5. The van der Waals surface area contributed by atoms with Gasteiger partial charge in [-0.1, -0.05) is 0 Å². The quantitative estimate of drug-likeness (QED) is 0.368. The molecule has 0 aromatic carbocycles. The van der Waals surface area contributed by atoms with Crippen molar-refractivity contribution in [3.8, 4) is 0 Å². The van der Waals surface area contributed by atoms with E-state index in [9.17, 15) is 24.0 Å². The van der Waals surface area contributed by atoms with E-state index in [1.54, 1.807) is 62.3 Å². The average molecular weight is 455 g/mol. The molecule has 0 aromatic rings. The Balaban J connectivity index is 2.98. The van der Waals surface area contributed by atoms with E-state index < -0.39 is 59.2 Å². The molecule has 1 rings (SSSR count). The first-order chi connectivity index (χ1) is 14.3. The van der Waals surface area contributed by atoms with Crippen LogP contribution in [-0.2, 0) is 33.4 Å². The van der Waals surface area contributed by atoms with Gasteiger partial charge < -0.3 is 19.5 Å². The molecule has 1 N–H and O–H groups in total. The standard InChI is InChI=1S/C22H34N2O8/c1-20(2,3)30-16(26)12-24-15(25)11-13(17(24)27)10-14(18(28)31-21(4,5)6)23-19(29)32-22(7,8)9/h11,14H,10,12H2,1-9H3,(H,23,29)/t14-/m0/s1. The van der Waals surface area contributed by atoms with Gasteiger partial charge in [0, 0.05) is 18.1 Å². The summed E-state index contributed by atoms with van der Waals surface area (Å²) in [6, 6.07) is -1.28. The highest BCUT2D eigenvalue weighted by atomic mass is 16.6. The van der Waals surface area contributed by atoms with E-state index in [2.05, 4.69) is 5.32 Å². The topological polar surface area (TPSA) is 128 Å². The molecule has 0 unspecified atom stereocenters. The molecule has 0 saturated carbocycles. The van der Waals surface area contributed by atoms with E-state index in [0.717, 1.165) is 11.0 Å². The maximum Gasteiger partial charge on any atom is 0.408 e. The Kier molecular flexibility index (Phi) is 8.23. The second-order valence-electron chi connectivity index (χ2n) is 10.4. The molecule has 32 heavy (non-hydrogen) atoms. The van der Waals surface area contributed by atoms with Crippen molar-refractivity contribution in [2.45, 2.75) is 91.6 Å². The van der Waals surface area contributed by atoms with Gasteiger partial charge in [-0.3, -0.25) is 19.3 Å². The van der Waals surface area contributed by atoms with Gasteiger partial charge in [-0.15, -0.1) is 0 Å². The smallest absolute Gasteiger partial charge is 0.408 e. The van der Waals surface area contributed by atoms with Crippen LogP contribution in [0.4, 0.5) is 4.79 Å². The molecule has 1 atom stereocenters. The summed E-state index contributed by atoms with van der Waals surface area (Å²) in [6.07, 6.45) is -0.166. The Morgan fingerprint density at radius 1 is 0.875 bits per heavy atom. The normalized spacial score (nSPS) is 15.8. The highest BCUT2D eigenvalue weighted by Gasteiger charge is 2.37. The van der Waals surface area contributed by atoms with Crippen molar-refractivity contribution in [1.29, 1.82) is 0 Å². The first-order valence-corrected chi connectivity index (χ1v) is 10.3. The van der Waals surface area contributed by atoms with Crippen molar-refractivity contribution in [2.24, 2.45) is 0 Å². The van der Waals surface area contributed by atoms with Crippen LogP contribution in [0, 0.1) is 0 Å². The van der Waals surface area contributed by atoms with Gasteiger partial charge in [0.25, 0.3) is 11.8 Å². The summed E-state index contributed by atoms with van der Waals surface area (Å²) >= 11 is 0. The van der Waals surface area contributed by atoms with Crippen molar-refractivity contribution >= 4 is 29.8 Å². The van der Waals surface area contributed by atoms with Gasteiger partial charge in [-0.25, -0.2) is 9.59 Å². The number of carbonyl (C=O) groups excluding carboxylic acids is 5. The van der Waals surface area contributed by atoms with Crippen molar-refractivity contribution in [3.63, 3.8) is 0 Å². The molecule has 180 valence electrons. The lowest BCUT2D eigenvalue weighted by molar-refractivity contribution is -0.160. The van der Waals surface area contributed by atoms with Crippen molar-refractivity contribution < 1.29 is 38.2 Å². The highest BCUT2D eigenvalue weighted by Crippen LogP contribution is 2.21. The number of amides is 3. The number of nitrogens with one attached hydrogen (secondary N) is 1. The van der Waals surface area contributed by atoms with E-state index in [4.69, 9.17) is 14.2 Å². The molecule has 10 heteroatoms. The molecule has 1 aliphatic rings. The summed E-state index contributed by atoms with van der Waals surface area (Å²) in [5, 5.41) is 2.39. The lowest BCUT2D eigenvalue weighted by Gasteiger charge is -2.26. The zero-order valence-corrected chi connectivity index (χ0v) is 20.3. The van der Waals surface area contributed by atoms with Crippen LogP contribution in [0.3, 0.4) is 0 Å². The van der Waals surface area contributed by atoms with Crippen LogP contribution in [0.15, 0.2) is 11.6 Å². The SMILES string of the molecule is CC(C)(C)OC(=O)CN1C(=O)C=C(C[C@H](NC(=O)OC(C)(C)C)C(=O)OC(C)(C)C)C1=O. The lowest BCUT2D eigenvalue weighted by Crippen LogP contribution is -2.46. The van der Waals surface area contributed by atoms with E-state index >= 15 is 0 Å². The maximum atomic E-state index is 12.7. The highest BCUT2D eigenvalue weighted by molar-refractivity contribution is 6.17. The van der Waals surface area contributed by atoms with Gasteiger partial charge in [0.2, 0.25) is 0 Å². The minimum atomic E-state index is -1.28. The van der Waals surface area contributed by atoms with Crippen LogP contribution in [0.2, 0.25) is 0 Å². The summed E-state index contributed by atoms with van der Waals surface area (Å²) in [4.78, 5) is 62.6. The molecule has 0 bridgehead atoms. The molecule has 0 aromatic heterocycles. The zero-order chi connectivity index (χ0) is 25.1. The van der Waals surface area contributed by atoms with Crippen LogP contribution < -0.4 is 5.32 Å². The zero-order valence-electron chi connectivity index (χ0n) is 20.3. The number of hydrogen-bond acceptors (Lipinski definition) is 8. The first-order valence-electron chi connectivity index (χ1n) is 10.3. The Morgan fingerprint density at radius 2 is 1.38 bits per heavy atom. The summed E-state index contributed by atoms with van der Waals surface area (Å²) in [6.45, 7) is 14.4. The van der Waals surface area contributed by atoms with Gasteiger partial charge in [-0.05, 0) is 62.3 Å². The van der Waals surface area contributed by atoms with Crippen LogP contribution in [-0.4, -0.2) is 64.1 Å². The second kappa shape index (κ2) is 9.70. The van der Waals surface area contributed by atoms with Crippen LogP contribution in [0.5, 0.6) is 0 Å². The number of nitrogens with zero attached hydrogens (tertiary/aromatic N) is 1. The summed E-state index contributed by atoms with van der Waals surface area (Å²) in [5.74, 6) is -3.00. The molecular weight excluding hydrogens is 420 g/mol.